The van der Waals surface area contributed by atoms with Crippen LogP contribution in [0, 0.1) is 0 Å². The van der Waals surface area contributed by atoms with Gasteiger partial charge in [0.05, 0.1) is 4.90 Å². The summed E-state index contributed by atoms with van der Waals surface area (Å²) in [6.45, 7) is 5.19. The summed E-state index contributed by atoms with van der Waals surface area (Å²) in [5.41, 5.74) is -0.143. The van der Waals surface area contributed by atoms with E-state index in [1.807, 2.05) is 0 Å². The molecule has 0 radical (unpaired) electrons. The van der Waals surface area contributed by atoms with E-state index in [0.29, 0.717) is 10.5 Å². The molecule has 2 atom stereocenters. The second kappa shape index (κ2) is 8.62. The lowest BCUT2D eigenvalue weighted by molar-refractivity contribution is -0.121. The van der Waals surface area contributed by atoms with Crippen molar-refractivity contribution in [2.75, 3.05) is 0 Å². The zero-order valence-electron chi connectivity index (χ0n) is 14.9. The van der Waals surface area contributed by atoms with Gasteiger partial charge in [-0.25, -0.2) is 9.00 Å². The summed E-state index contributed by atoms with van der Waals surface area (Å²) in [7, 11) is -1.73. The average molecular weight is 374 g/mol. The third kappa shape index (κ3) is 6.00. The van der Waals surface area contributed by atoms with Gasteiger partial charge in [0.25, 0.3) is 5.91 Å². The summed E-state index contributed by atoms with van der Waals surface area (Å²) in [4.78, 5) is 25.2. The minimum Gasteiger partial charge on any atom is -0.444 e. The maximum atomic E-state index is 12.7. The van der Waals surface area contributed by atoms with Crippen molar-refractivity contribution < 1.29 is 18.5 Å². The number of nitrogens with one attached hydrogen (secondary N) is 2. The lowest BCUT2D eigenvalue weighted by atomic mass is 10.1. The molecule has 0 spiro atoms. The third-order valence-corrected chi connectivity index (χ3v) is 4.29. The summed E-state index contributed by atoms with van der Waals surface area (Å²) in [6.07, 6.45) is -0.730. The number of carbonyl (C=O) groups excluding carboxylic acids is 2. The first-order valence-corrected chi connectivity index (χ1v) is 9.23. The van der Waals surface area contributed by atoms with Gasteiger partial charge in [-0.3, -0.25) is 9.52 Å². The highest BCUT2D eigenvalue weighted by molar-refractivity contribution is 7.83. The van der Waals surface area contributed by atoms with Crippen molar-refractivity contribution in [1.82, 2.24) is 10.0 Å². The Labute approximate surface area is 155 Å². The zero-order valence-corrected chi connectivity index (χ0v) is 15.7. The Balaban J connectivity index is 2.16. The molecule has 0 aliphatic carbocycles. The molecule has 0 heterocycles. The van der Waals surface area contributed by atoms with Gasteiger partial charge < -0.3 is 10.1 Å². The fourth-order valence-corrected chi connectivity index (χ4v) is 2.95. The Morgan fingerprint density at radius 3 is 2.04 bits per heavy atom. The maximum Gasteiger partial charge on any atom is 0.408 e. The lowest BCUT2D eigenvalue weighted by Gasteiger charge is -2.23. The van der Waals surface area contributed by atoms with Crippen molar-refractivity contribution in [3.63, 3.8) is 0 Å². The smallest absolute Gasteiger partial charge is 0.408 e. The van der Waals surface area contributed by atoms with Crippen molar-refractivity contribution in [2.24, 2.45) is 0 Å². The van der Waals surface area contributed by atoms with Gasteiger partial charge in [0.1, 0.15) is 11.6 Å². The molecule has 2 unspecified atom stereocenters. The number of carbonyl (C=O) groups is 2. The van der Waals surface area contributed by atoms with Crippen LogP contribution in [0.1, 0.15) is 32.4 Å². The standard InChI is InChI=1S/C19H22N2O4S/c1-19(2,3)25-18(23)20-16(14-10-6-4-7-11-14)17(22)21-26(24)15-12-8-5-9-13-15/h4-13,16H,1-3H3,(H,20,23)(H,21,22). The van der Waals surface area contributed by atoms with E-state index in [0.717, 1.165) is 0 Å². The predicted octanol–water partition coefficient (Wildman–Crippen LogP) is 3.09. The number of ether oxygens (including phenoxy) is 1. The van der Waals surface area contributed by atoms with Gasteiger partial charge in [-0.2, -0.15) is 0 Å². The van der Waals surface area contributed by atoms with Crippen LogP contribution in [0.2, 0.25) is 0 Å². The molecular formula is C19H22N2O4S. The normalized spacial score (nSPS) is 13.3. The summed E-state index contributed by atoms with van der Waals surface area (Å²) in [6, 6.07) is 16.2. The van der Waals surface area contributed by atoms with E-state index in [1.54, 1.807) is 81.4 Å². The number of amides is 2. The van der Waals surface area contributed by atoms with Gasteiger partial charge >= 0.3 is 6.09 Å². The van der Waals surface area contributed by atoms with E-state index in [9.17, 15) is 13.8 Å². The van der Waals surface area contributed by atoms with Gasteiger partial charge in [-0.1, -0.05) is 48.5 Å². The van der Waals surface area contributed by atoms with Crippen LogP contribution in [0.3, 0.4) is 0 Å². The van der Waals surface area contributed by atoms with Crippen LogP contribution in [-0.2, 0) is 20.5 Å². The fraction of sp³-hybridized carbons (Fsp3) is 0.263. The minimum atomic E-state index is -1.73. The van der Waals surface area contributed by atoms with Gasteiger partial charge in [0, 0.05) is 0 Å². The molecule has 0 fully saturated rings. The molecule has 0 aliphatic heterocycles. The SMILES string of the molecule is CC(C)(C)OC(=O)NC(C(=O)NS(=O)c1ccccc1)c1ccccc1. The average Bonchev–Trinajstić information content (AvgIpc) is 2.59. The number of rotatable bonds is 5. The van der Waals surface area contributed by atoms with E-state index >= 15 is 0 Å². The first-order valence-electron chi connectivity index (χ1n) is 8.08. The van der Waals surface area contributed by atoms with E-state index in [2.05, 4.69) is 10.0 Å². The third-order valence-electron chi connectivity index (χ3n) is 3.21. The highest BCUT2D eigenvalue weighted by Crippen LogP contribution is 2.16. The minimum absolute atomic E-state index is 0.463. The van der Waals surface area contributed by atoms with Gasteiger partial charge in [0.2, 0.25) is 0 Å². The zero-order chi connectivity index (χ0) is 19.2. The molecule has 138 valence electrons. The number of hydrogen-bond donors (Lipinski definition) is 2. The lowest BCUT2D eigenvalue weighted by Crippen LogP contribution is -2.43. The molecule has 0 aromatic heterocycles. The van der Waals surface area contributed by atoms with Crippen LogP contribution < -0.4 is 10.0 Å². The van der Waals surface area contributed by atoms with Crippen LogP contribution >= 0.6 is 0 Å². The molecule has 0 bridgehead atoms. The summed E-state index contributed by atoms with van der Waals surface area (Å²) >= 11 is 0. The van der Waals surface area contributed by atoms with Crippen LogP contribution in [0.5, 0.6) is 0 Å². The molecule has 2 amide bonds. The van der Waals surface area contributed by atoms with Crippen molar-refractivity contribution in [2.45, 2.75) is 37.3 Å². The van der Waals surface area contributed by atoms with Crippen LogP contribution in [0.4, 0.5) is 4.79 Å². The Morgan fingerprint density at radius 2 is 1.50 bits per heavy atom. The summed E-state index contributed by atoms with van der Waals surface area (Å²) < 4.78 is 20.0. The largest absolute Gasteiger partial charge is 0.444 e. The number of benzene rings is 2. The molecular weight excluding hydrogens is 352 g/mol. The quantitative estimate of drug-likeness (QED) is 0.842. The Hall–Kier alpha value is -2.67. The Morgan fingerprint density at radius 1 is 0.962 bits per heavy atom. The van der Waals surface area contributed by atoms with Crippen LogP contribution in [0.25, 0.3) is 0 Å². The maximum absolute atomic E-state index is 12.7. The molecule has 6 nitrogen and oxygen atoms in total. The molecule has 26 heavy (non-hydrogen) atoms. The Bertz CT molecular complexity index is 773. The summed E-state index contributed by atoms with van der Waals surface area (Å²) in [5.74, 6) is -0.593. The molecule has 0 aliphatic rings. The van der Waals surface area contributed by atoms with Gasteiger partial charge in [-0.15, -0.1) is 0 Å². The van der Waals surface area contributed by atoms with Gasteiger partial charge in [0.15, 0.2) is 11.0 Å². The second-order valence-corrected chi connectivity index (χ2v) is 7.75. The van der Waals surface area contributed by atoms with E-state index in [1.165, 1.54) is 0 Å². The molecule has 2 N–H and O–H groups in total. The first kappa shape index (κ1) is 19.7. The second-order valence-electron chi connectivity index (χ2n) is 6.54. The fourth-order valence-electron chi connectivity index (χ4n) is 2.12. The molecule has 0 saturated heterocycles. The first-order chi connectivity index (χ1) is 12.3. The van der Waals surface area contributed by atoms with E-state index in [-0.39, 0.29) is 0 Å². The molecule has 2 aromatic carbocycles. The van der Waals surface area contributed by atoms with Crippen LogP contribution in [0.15, 0.2) is 65.6 Å². The predicted molar refractivity (Wildman–Crippen MR) is 99.5 cm³/mol. The topological polar surface area (TPSA) is 84.5 Å². The van der Waals surface area contributed by atoms with Crippen molar-refractivity contribution >= 4 is 23.0 Å². The van der Waals surface area contributed by atoms with Gasteiger partial charge in [-0.05, 0) is 38.5 Å². The molecule has 2 aromatic rings. The van der Waals surface area contributed by atoms with E-state index in [4.69, 9.17) is 4.74 Å². The van der Waals surface area contributed by atoms with Crippen molar-refractivity contribution in [1.29, 1.82) is 0 Å². The van der Waals surface area contributed by atoms with E-state index < -0.39 is 34.6 Å². The van der Waals surface area contributed by atoms with Crippen molar-refractivity contribution in [3.8, 4) is 0 Å². The van der Waals surface area contributed by atoms with Crippen LogP contribution in [-0.4, -0.2) is 21.8 Å². The summed E-state index contributed by atoms with van der Waals surface area (Å²) in [5, 5.41) is 2.54. The number of alkyl carbamates (subject to hydrolysis) is 1. The highest BCUT2D eigenvalue weighted by atomic mass is 32.2. The Kier molecular flexibility index (Phi) is 6.52. The van der Waals surface area contributed by atoms with Crippen molar-refractivity contribution in [3.05, 3.63) is 66.2 Å². The molecule has 0 saturated carbocycles. The molecule has 2 rings (SSSR count). The highest BCUT2D eigenvalue weighted by Gasteiger charge is 2.27. The monoisotopic (exact) mass is 374 g/mol. The number of hydrogen-bond acceptors (Lipinski definition) is 4. The molecule has 7 heteroatoms.